The van der Waals surface area contributed by atoms with Crippen LogP contribution < -0.4 is 5.32 Å². The van der Waals surface area contributed by atoms with E-state index in [1.807, 2.05) is 0 Å². The fraction of sp³-hybridized carbons (Fsp3) is 0.682. The highest BCUT2D eigenvalue weighted by atomic mass is 32.1. The van der Waals surface area contributed by atoms with Crippen LogP contribution in [0.3, 0.4) is 0 Å². The molecule has 0 unspecified atom stereocenters. The fourth-order valence-corrected chi connectivity index (χ4v) is 4.28. The summed E-state index contributed by atoms with van der Waals surface area (Å²) in [4.78, 5) is 4.92. The van der Waals surface area contributed by atoms with E-state index in [0.29, 0.717) is 18.7 Å². The lowest BCUT2D eigenvalue weighted by atomic mass is 10.0. The number of piperidine rings is 1. The lowest BCUT2D eigenvalue weighted by Crippen LogP contribution is -2.51. The van der Waals surface area contributed by atoms with Crippen LogP contribution in [0.2, 0.25) is 0 Å². The molecule has 1 heterocycles. The molecule has 0 spiro atoms. The van der Waals surface area contributed by atoms with Crippen LogP contribution in [-0.2, 0) is 17.6 Å². The Bertz CT molecular complexity index is 575. The molecule has 4 nitrogen and oxygen atoms in total. The third-order valence-electron chi connectivity index (χ3n) is 5.70. The smallest absolute Gasteiger partial charge is 0.173 e. The summed E-state index contributed by atoms with van der Waals surface area (Å²) in [5.74, 6) is 0. The molecule has 2 rings (SSSR count). The Labute approximate surface area is 171 Å². The second kappa shape index (κ2) is 11.0. The number of nitrogens with one attached hydrogen (secondary N) is 1. The quantitative estimate of drug-likeness (QED) is 0.666. The van der Waals surface area contributed by atoms with Crippen molar-refractivity contribution >= 4 is 23.0 Å². The molecule has 152 valence electrons. The van der Waals surface area contributed by atoms with Gasteiger partial charge in [0.05, 0.1) is 6.61 Å². The minimum atomic E-state index is 0.481. The molecule has 0 atom stereocenters. The Kier molecular flexibility index (Phi) is 9.00. The summed E-state index contributed by atoms with van der Waals surface area (Å²) in [5, 5.41) is 4.45. The number of para-hydroxylation sites is 1. The molecular weight excluding hydrogens is 354 g/mol. The van der Waals surface area contributed by atoms with Crippen LogP contribution in [0.1, 0.15) is 51.7 Å². The first kappa shape index (κ1) is 22.1. The molecule has 0 saturated carbocycles. The summed E-state index contributed by atoms with van der Waals surface area (Å²) in [5.41, 5.74) is 3.87. The summed E-state index contributed by atoms with van der Waals surface area (Å²) in [6.45, 7) is 12.8. The van der Waals surface area contributed by atoms with Crippen molar-refractivity contribution in [3.8, 4) is 0 Å². The molecule has 1 aromatic rings. The molecule has 0 aliphatic carbocycles. The van der Waals surface area contributed by atoms with Crippen molar-refractivity contribution in [2.45, 2.75) is 65.5 Å². The number of likely N-dealkylation sites (tertiary alicyclic amines) is 1. The Morgan fingerprint density at radius 1 is 1.22 bits per heavy atom. The zero-order chi connectivity index (χ0) is 19.8. The predicted molar refractivity (Wildman–Crippen MR) is 120 cm³/mol. The van der Waals surface area contributed by atoms with E-state index >= 15 is 0 Å². The third-order valence-corrected chi connectivity index (χ3v) is 6.03. The average molecular weight is 392 g/mol. The number of anilines is 1. The number of benzene rings is 1. The van der Waals surface area contributed by atoms with Crippen molar-refractivity contribution in [1.82, 2.24) is 9.80 Å². The first-order valence-corrected chi connectivity index (χ1v) is 10.8. The number of aryl methyl sites for hydroxylation is 2. The van der Waals surface area contributed by atoms with Gasteiger partial charge >= 0.3 is 0 Å². The van der Waals surface area contributed by atoms with Gasteiger partial charge in [-0.2, -0.15) is 0 Å². The molecule has 1 aliphatic rings. The van der Waals surface area contributed by atoms with Crippen molar-refractivity contribution < 1.29 is 4.74 Å². The maximum atomic E-state index is 5.89. The number of thiocarbonyl (C=S) groups is 1. The normalized spacial score (nSPS) is 15.9. The lowest BCUT2D eigenvalue weighted by molar-refractivity contribution is 0.108. The molecule has 0 aromatic heterocycles. The first-order chi connectivity index (χ1) is 13.0. The van der Waals surface area contributed by atoms with E-state index in [1.54, 1.807) is 7.11 Å². The predicted octanol–water partition coefficient (Wildman–Crippen LogP) is 4.33. The van der Waals surface area contributed by atoms with Crippen LogP contribution in [0, 0.1) is 0 Å². The highest BCUT2D eigenvalue weighted by Crippen LogP contribution is 2.25. The van der Waals surface area contributed by atoms with Crippen molar-refractivity contribution in [3.05, 3.63) is 29.3 Å². The largest absolute Gasteiger partial charge is 0.383 e. The van der Waals surface area contributed by atoms with E-state index < -0.39 is 0 Å². The topological polar surface area (TPSA) is 27.7 Å². The van der Waals surface area contributed by atoms with Crippen LogP contribution in [-0.4, -0.2) is 60.3 Å². The maximum absolute atomic E-state index is 5.89. The highest BCUT2D eigenvalue weighted by Gasteiger charge is 2.27. The summed E-state index contributed by atoms with van der Waals surface area (Å²) < 4.78 is 5.37. The number of hydrogen-bond acceptors (Lipinski definition) is 3. The van der Waals surface area contributed by atoms with E-state index in [1.165, 1.54) is 16.8 Å². The Morgan fingerprint density at radius 2 is 1.81 bits per heavy atom. The van der Waals surface area contributed by atoms with Gasteiger partial charge in [-0.1, -0.05) is 32.0 Å². The SMILES string of the molecule is CCc1cccc(CC)c1NC(=S)N(CCOC)C1CCN(C(C)C)CC1. The van der Waals surface area contributed by atoms with E-state index in [4.69, 9.17) is 17.0 Å². The van der Waals surface area contributed by atoms with Gasteiger partial charge in [0.1, 0.15) is 0 Å². The summed E-state index contributed by atoms with van der Waals surface area (Å²) in [6, 6.07) is 7.65. The zero-order valence-electron chi connectivity index (χ0n) is 17.8. The van der Waals surface area contributed by atoms with Gasteiger partial charge in [-0.3, -0.25) is 0 Å². The van der Waals surface area contributed by atoms with Gasteiger partial charge in [-0.25, -0.2) is 0 Å². The van der Waals surface area contributed by atoms with Crippen molar-refractivity contribution in [1.29, 1.82) is 0 Å². The molecule has 0 radical (unpaired) electrons. The van der Waals surface area contributed by atoms with Gasteiger partial charge in [0.25, 0.3) is 0 Å². The van der Waals surface area contributed by atoms with Crippen LogP contribution >= 0.6 is 12.2 Å². The van der Waals surface area contributed by atoms with E-state index in [9.17, 15) is 0 Å². The summed E-state index contributed by atoms with van der Waals surface area (Å²) >= 11 is 5.89. The molecule has 0 amide bonds. The minimum absolute atomic E-state index is 0.481. The number of rotatable bonds is 8. The van der Waals surface area contributed by atoms with Gasteiger partial charge in [0.15, 0.2) is 5.11 Å². The van der Waals surface area contributed by atoms with Crippen LogP contribution in [0.4, 0.5) is 5.69 Å². The van der Waals surface area contributed by atoms with Gasteiger partial charge < -0.3 is 19.9 Å². The molecule has 1 aliphatic heterocycles. The molecule has 1 saturated heterocycles. The molecule has 1 N–H and O–H groups in total. The highest BCUT2D eigenvalue weighted by molar-refractivity contribution is 7.80. The maximum Gasteiger partial charge on any atom is 0.173 e. The third kappa shape index (κ3) is 5.90. The number of nitrogens with zero attached hydrogens (tertiary/aromatic N) is 2. The van der Waals surface area contributed by atoms with Gasteiger partial charge in [-0.05, 0) is 62.9 Å². The van der Waals surface area contributed by atoms with Crippen LogP contribution in [0.5, 0.6) is 0 Å². The van der Waals surface area contributed by atoms with Crippen LogP contribution in [0.25, 0.3) is 0 Å². The molecular formula is C22H37N3OS. The van der Waals surface area contributed by atoms with Crippen LogP contribution in [0.15, 0.2) is 18.2 Å². The molecule has 5 heteroatoms. The summed E-state index contributed by atoms with van der Waals surface area (Å²) in [6.07, 6.45) is 4.31. The van der Waals surface area contributed by atoms with Gasteiger partial charge in [0.2, 0.25) is 0 Å². The van der Waals surface area contributed by atoms with E-state index in [0.717, 1.165) is 50.4 Å². The standard InChI is InChI=1S/C22H37N3OS/c1-6-18-9-8-10-19(7-2)21(18)23-22(27)25(15-16-26-5)20-11-13-24(14-12-20)17(3)4/h8-10,17,20H,6-7,11-16H2,1-5H3,(H,23,27). The average Bonchev–Trinajstić information content (AvgIpc) is 2.68. The summed E-state index contributed by atoms with van der Waals surface area (Å²) in [7, 11) is 1.76. The van der Waals surface area contributed by atoms with Crippen molar-refractivity contribution in [2.24, 2.45) is 0 Å². The lowest BCUT2D eigenvalue weighted by Gasteiger charge is -2.41. The Morgan fingerprint density at radius 3 is 2.30 bits per heavy atom. The van der Waals surface area contributed by atoms with Crippen molar-refractivity contribution in [3.63, 3.8) is 0 Å². The Hall–Kier alpha value is -1.17. The van der Waals surface area contributed by atoms with E-state index in [2.05, 4.69) is 61.0 Å². The number of methoxy groups -OCH3 is 1. The van der Waals surface area contributed by atoms with Gasteiger partial charge in [-0.15, -0.1) is 0 Å². The Balaban J connectivity index is 2.14. The fourth-order valence-electron chi connectivity index (χ4n) is 3.94. The molecule has 0 bridgehead atoms. The monoisotopic (exact) mass is 391 g/mol. The van der Waals surface area contributed by atoms with Gasteiger partial charge in [0, 0.05) is 44.5 Å². The van der Waals surface area contributed by atoms with Crippen molar-refractivity contribution in [2.75, 3.05) is 38.7 Å². The second-order valence-corrected chi connectivity index (χ2v) is 8.02. The minimum Gasteiger partial charge on any atom is -0.383 e. The number of hydrogen-bond donors (Lipinski definition) is 1. The number of ether oxygens (including phenoxy) is 1. The molecule has 1 fully saturated rings. The molecule has 27 heavy (non-hydrogen) atoms. The zero-order valence-corrected chi connectivity index (χ0v) is 18.6. The molecule has 1 aromatic carbocycles. The second-order valence-electron chi connectivity index (χ2n) is 7.64. The van der Waals surface area contributed by atoms with E-state index in [-0.39, 0.29) is 0 Å². The first-order valence-electron chi connectivity index (χ1n) is 10.4.